The summed E-state index contributed by atoms with van der Waals surface area (Å²) in [6, 6.07) is 13.3. The van der Waals surface area contributed by atoms with E-state index in [1.165, 1.54) is 0 Å². The Morgan fingerprint density at radius 1 is 0.962 bits per heavy atom. The molecule has 0 radical (unpaired) electrons. The van der Waals surface area contributed by atoms with Crippen molar-refractivity contribution in [2.75, 3.05) is 51.4 Å². The summed E-state index contributed by atoms with van der Waals surface area (Å²) in [4.78, 5) is 16.9. The Balaban J connectivity index is 1.41. The number of anilines is 1. The molecule has 26 heavy (non-hydrogen) atoms. The molecule has 2 heterocycles. The number of rotatable bonds is 3. The van der Waals surface area contributed by atoms with Crippen LogP contribution >= 0.6 is 0 Å². The molecule has 1 saturated heterocycles. The molecule has 1 amide bonds. The zero-order valence-corrected chi connectivity index (χ0v) is 14.8. The quantitative estimate of drug-likeness (QED) is 0.847. The van der Waals surface area contributed by atoms with E-state index < -0.39 is 0 Å². The summed E-state index contributed by atoms with van der Waals surface area (Å²) in [5, 5.41) is 0. The van der Waals surface area contributed by atoms with Gasteiger partial charge in [-0.2, -0.15) is 0 Å². The Morgan fingerprint density at radius 2 is 1.73 bits per heavy atom. The lowest BCUT2D eigenvalue weighted by Crippen LogP contribution is -2.48. The lowest BCUT2D eigenvalue weighted by molar-refractivity contribution is 0.0746. The zero-order chi connectivity index (χ0) is 17.9. The van der Waals surface area contributed by atoms with Crippen LogP contribution in [0.25, 0.3) is 0 Å². The van der Waals surface area contributed by atoms with Crippen LogP contribution in [0.1, 0.15) is 10.4 Å². The molecule has 6 heteroatoms. The molecule has 2 aromatic rings. The van der Waals surface area contributed by atoms with Gasteiger partial charge in [0.05, 0.1) is 7.11 Å². The second-order valence-corrected chi connectivity index (χ2v) is 6.34. The molecule has 0 N–H and O–H groups in total. The van der Waals surface area contributed by atoms with E-state index in [9.17, 15) is 4.79 Å². The van der Waals surface area contributed by atoms with Crippen molar-refractivity contribution >= 4 is 11.6 Å². The topological polar surface area (TPSA) is 51.2 Å². The monoisotopic (exact) mass is 354 g/mol. The van der Waals surface area contributed by atoms with E-state index in [1.54, 1.807) is 13.2 Å². The first-order valence-corrected chi connectivity index (χ1v) is 8.82. The van der Waals surface area contributed by atoms with Crippen molar-refractivity contribution in [3.05, 3.63) is 48.0 Å². The Morgan fingerprint density at radius 3 is 2.50 bits per heavy atom. The number of hydrogen-bond donors (Lipinski definition) is 0. The minimum absolute atomic E-state index is 0.0470. The molecule has 136 valence electrons. The highest BCUT2D eigenvalue weighted by atomic mass is 16.6. The van der Waals surface area contributed by atoms with Crippen molar-refractivity contribution in [2.45, 2.75) is 0 Å². The molecule has 0 aliphatic carbocycles. The van der Waals surface area contributed by atoms with E-state index in [2.05, 4.69) is 4.90 Å². The van der Waals surface area contributed by atoms with Gasteiger partial charge < -0.3 is 24.0 Å². The van der Waals surface area contributed by atoms with Gasteiger partial charge in [0.15, 0.2) is 11.5 Å². The second-order valence-electron chi connectivity index (χ2n) is 6.34. The van der Waals surface area contributed by atoms with Crippen LogP contribution in [0.4, 0.5) is 5.69 Å². The summed E-state index contributed by atoms with van der Waals surface area (Å²) in [7, 11) is 1.61. The first kappa shape index (κ1) is 16.6. The number of fused-ring (bicyclic) bond motifs is 1. The Labute approximate surface area is 152 Å². The highest BCUT2D eigenvalue weighted by molar-refractivity contribution is 5.94. The summed E-state index contributed by atoms with van der Waals surface area (Å²) in [5.41, 5.74) is 1.76. The minimum Gasteiger partial charge on any atom is -0.497 e. The molecule has 6 nitrogen and oxygen atoms in total. The second kappa shape index (κ2) is 7.15. The molecule has 0 spiro atoms. The summed E-state index contributed by atoms with van der Waals surface area (Å²) in [6.07, 6.45) is 0. The van der Waals surface area contributed by atoms with Crippen molar-refractivity contribution in [1.82, 2.24) is 4.90 Å². The predicted octanol–water partition coefficient (Wildman–Crippen LogP) is 2.43. The van der Waals surface area contributed by atoms with Crippen molar-refractivity contribution in [1.29, 1.82) is 0 Å². The lowest BCUT2D eigenvalue weighted by Gasteiger charge is -2.36. The van der Waals surface area contributed by atoms with Gasteiger partial charge in [0.25, 0.3) is 5.91 Å². The van der Waals surface area contributed by atoms with E-state index in [0.29, 0.717) is 37.6 Å². The van der Waals surface area contributed by atoms with Crippen LogP contribution in [0.15, 0.2) is 42.5 Å². The minimum atomic E-state index is 0.0470. The van der Waals surface area contributed by atoms with Crippen LogP contribution < -0.4 is 19.1 Å². The van der Waals surface area contributed by atoms with Crippen LogP contribution in [0.5, 0.6) is 17.2 Å². The molecule has 0 unspecified atom stereocenters. The maximum Gasteiger partial charge on any atom is 0.254 e. The first-order chi connectivity index (χ1) is 12.7. The van der Waals surface area contributed by atoms with Crippen LogP contribution in [-0.2, 0) is 0 Å². The van der Waals surface area contributed by atoms with Gasteiger partial charge in [0, 0.05) is 43.5 Å². The van der Waals surface area contributed by atoms with Gasteiger partial charge in [-0.05, 0) is 30.3 Å². The average Bonchev–Trinajstić information content (AvgIpc) is 2.73. The number of carbonyl (C=O) groups is 1. The fraction of sp³-hybridized carbons (Fsp3) is 0.350. The Kier molecular flexibility index (Phi) is 4.56. The SMILES string of the molecule is COc1cccc(C(=O)N2CCN(c3ccc4c(c3)OCCO4)CC2)c1. The van der Waals surface area contributed by atoms with Crippen molar-refractivity contribution in [2.24, 2.45) is 0 Å². The van der Waals surface area contributed by atoms with Crippen LogP contribution in [0.3, 0.4) is 0 Å². The number of benzene rings is 2. The third-order valence-corrected chi connectivity index (χ3v) is 4.77. The van der Waals surface area contributed by atoms with Crippen molar-refractivity contribution in [3.8, 4) is 17.2 Å². The zero-order valence-electron chi connectivity index (χ0n) is 14.8. The van der Waals surface area contributed by atoms with Crippen LogP contribution in [0.2, 0.25) is 0 Å². The van der Waals surface area contributed by atoms with Crippen molar-refractivity contribution < 1.29 is 19.0 Å². The lowest BCUT2D eigenvalue weighted by atomic mass is 10.1. The number of methoxy groups -OCH3 is 1. The van der Waals surface area contributed by atoms with E-state index in [1.807, 2.05) is 41.3 Å². The predicted molar refractivity (Wildman–Crippen MR) is 98.5 cm³/mol. The molecule has 2 aromatic carbocycles. The molecular formula is C20H22N2O4. The number of ether oxygens (including phenoxy) is 3. The normalized spacial score (nSPS) is 16.3. The molecule has 2 aliphatic rings. The number of piperazine rings is 1. The van der Waals surface area contributed by atoms with Gasteiger partial charge in [0.1, 0.15) is 19.0 Å². The maximum absolute atomic E-state index is 12.7. The largest absolute Gasteiger partial charge is 0.497 e. The fourth-order valence-electron chi connectivity index (χ4n) is 3.34. The molecule has 0 aromatic heterocycles. The highest BCUT2D eigenvalue weighted by Crippen LogP contribution is 2.34. The molecule has 0 bridgehead atoms. The fourth-order valence-corrected chi connectivity index (χ4v) is 3.34. The highest BCUT2D eigenvalue weighted by Gasteiger charge is 2.23. The van der Waals surface area contributed by atoms with E-state index >= 15 is 0 Å². The van der Waals surface area contributed by atoms with Gasteiger partial charge in [-0.15, -0.1) is 0 Å². The number of hydrogen-bond acceptors (Lipinski definition) is 5. The number of nitrogens with zero attached hydrogens (tertiary/aromatic N) is 2. The van der Waals surface area contributed by atoms with Crippen molar-refractivity contribution in [3.63, 3.8) is 0 Å². The average molecular weight is 354 g/mol. The van der Waals surface area contributed by atoms with Gasteiger partial charge in [-0.1, -0.05) is 6.07 Å². The Bertz CT molecular complexity index is 800. The standard InChI is InChI=1S/C20H22N2O4/c1-24-17-4-2-3-15(13-17)20(23)22-9-7-21(8-10-22)16-5-6-18-19(14-16)26-12-11-25-18/h2-6,13-14H,7-12H2,1H3. The van der Waals surface area contributed by atoms with Crippen LogP contribution in [-0.4, -0.2) is 57.3 Å². The number of carbonyl (C=O) groups excluding carboxylic acids is 1. The van der Waals surface area contributed by atoms with Gasteiger partial charge >= 0.3 is 0 Å². The summed E-state index contributed by atoms with van der Waals surface area (Å²) < 4.78 is 16.5. The third-order valence-electron chi connectivity index (χ3n) is 4.77. The van der Waals surface area contributed by atoms with Gasteiger partial charge in [-0.3, -0.25) is 4.79 Å². The van der Waals surface area contributed by atoms with E-state index in [4.69, 9.17) is 14.2 Å². The molecule has 0 saturated carbocycles. The van der Waals surface area contributed by atoms with E-state index in [-0.39, 0.29) is 5.91 Å². The van der Waals surface area contributed by atoms with E-state index in [0.717, 1.165) is 30.3 Å². The van der Waals surface area contributed by atoms with Crippen LogP contribution in [0, 0.1) is 0 Å². The summed E-state index contributed by atoms with van der Waals surface area (Å²) >= 11 is 0. The number of amides is 1. The summed E-state index contributed by atoms with van der Waals surface area (Å²) in [5.74, 6) is 2.34. The molecule has 1 fully saturated rings. The van der Waals surface area contributed by atoms with Gasteiger partial charge in [-0.25, -0.2) is 0 Å². The maximum atomic E-state index is 12.7. The van der Waals surface area contributed by atoms with Gasteiger partial charge in [0.2, 0.25) is 0 Å². The molecule has 2 aliphatic heterocycles. The molecule has 4 rings (SSSR count). The third kappa shape index (κ3) is 3.27. The Hall–Kier alpha value is -2.89. The first-order valence-electron chi connectivity index (χ1n) is 8.82. The summed E-state index contributed by atoms with van der Waals surface area (Å²) in [6.45, 7) is 4.12. The molecule has 0 atom stereocenters. The molecular weight excluding hydrogens is 332 g/mol. The smallest absolute Gasteiger partial charge is 0.254 e.